The van der Waals surface area contributed by atoms with Crippen LogP contribution in [0.4, 0.5) is 4.79 Å². The van der Waals surface area contributed by atoms with Crippen LogP contribution in [0.25, 0.3) is 10.6 Å². The van der Waals surface area contributed by atoms with Crippen LogP contribution in [-0.4, -0.2) is 28.4 Å². The van der Waals surface area contributed by atoms with Crippen LogP contribution >= 0.6 is 11.3 Å². The van der Waals surface area contributed by atoms with Crippen LogP contribution in [0.15, 0.2) is 30.5 Å². The number of aromatic nitrogens is 1. The molecule has 0 aliphatic carbocycles. The van der Waals surface area contributed by atoms with E-state index in [4.69, 9.17) is 9.84 Å². The SMILES string of the molecule is CC(C)(C)OC(=O)NCc1cnc(-c2ccc(C#CCCO)cc2)s1. The molecule has 2 rings (SSSR count). The Balaban J connectivity index is 1.95. The van der Waals surface area contributed by atoms with E-state index in [0.29, 0.717) is 13.0 Å². The number of benzene rings is 1. The Morgan fingerprint density at radius 1 is 1.32 bits per heavy atom. The van der Waals surface area contributed by atoms with E-state index in [-0.39, 0.29) is 6.61 Å². The molecule has 2 aromatic rings. The monoisotopic (exact) mass is 358 g/mol. The van der Waals surface area contributed by atoms with Gasteiger partial charge in [0.25, 0.3) is 0 Å². The Kier molecular flexibility index (Phi) is 6.57. The summed E-state index contributed by atoms with van der Waals surface area (Å²) in [4.78, 5) is 17.0. The number of amides is 1. The van der Waals surface area contributed by atoms with Crippen LogP contribution < -0.4 is 5.32 Å². The van der Waals surface area contributed by atoms with Crippen LogP contribution in [-0.2, 0) is 11.3 Å². The minimum Gasteiger partial charge on any atom is -0.444 e. The molecular formula is C19H22N2O3S. The number of hydrogen-bond acceptors (Lipinski definition) is 5. The molecule has 6 heteroatoms. The summed E-state index contributed by atoms with van der Waals surface area (Å²) in [5, 5.41) is 12.3. The first-order valence-corrected chi connectivity index (χ1v) is 8.81. The van der Waals surface area contributed by atoms with Crippen LogP contribution in [0.1, 0.15) is 37.6 Å². The Hall–Kier alpha value is -2.36. The van der Waals surface area contributed by atoms with E-state index in [2.05, 4.69) is 22.1 Å². The number of nitrogens with one attached hydrogen (secondary N) is 1. The van der Waals surface area contributed by atoms with Crippen molar-refractivity contribution in [1.82, 2.24) is 10.3 Å². The maximum atomic E-state index is 11.7. The number of thiazole rings is 1. The Morgan fingerprint density at radius 3 is 2.68 bits per heavy atom. The van der Waals surface area contributed by atoms with Gasteiger partial charge in [0.2, 0.25) is 0 Å². The van der Waals surface area contributed by atoms with Crippen molar-refractivity contribution < 1.29 is 14.6 Å². The summed E-state index contributed by atoms with van der Waals surface area (Å²) < 4.78 is 5.21. The average molecular weight is 358 g/mol. The number of aliphatic hydroxyl groups excluding tert-OH is 1. The Labute approximate surface area is 152 Å². The molecule has 5 nitrogen and oxygen atoms in total. The molecule has 0 fully saturated rings. The van der Waals surface area contributed by atoms with Gasteiger partial charge in [-0.05, 0) is 32.9 Å². The van der Waals surface area contributed by atoms with E-state index in [1.165, 1.54) is 11.3 Å². The highest BCUT2D eigenvalue weighted by molar-refractivity contribution is 7.15. The molecule has 25 heavy (non-hydrogen) atoms. The molecule has 1 aromatic carbocycles. The summed E-state index contributed by atoms with van der Waals surface area (Å²) >= 11 is 1.52. The predicted octanol–water partition coefficient (Wildman–Crippen LogP) is 3.57. The van der Waals surface area contributed by atoms with E-state index in [1.807, 2.05) is 45.0 Å². The minimum absolute atomic E-state index is 0.0737. The van der Waals surface area contributed by atoms with Crippen molar-refractivity contribution in [2.75, 3.05) is 6.61 Å². The van der Waals surface area contributed by atoms with Crippen molar-refractivity contribution in [3.8, 4) is 22.4 Å². The highest BCUT2D eigenvalue weighted by Crippen LogP contribution is 2.25. The highest BCUT2D eigenvalue weighted by Gasteiger charge is 2.16. The predicted molar refractivity (Wildman–Crippen MR) is 99.2 cm³/mol. The van der Waals surface area contributed by atoms with E-state index in [9.17, 15) is 4.79 Å². The van der Waals surface area contributed by atoms with Crippen LogP contribution in [0.2, 0.25) is 0 Å². The van der Waals surface area contributed by atoms with Gasteiger partial charge in [0.05, 0.1) is 13.2 Å². The van der Waals surface area contributed by atoms with Gasteiger partial charge >= 0.3 is 6.09 Å². The maximum absolute atomic E-state index is 11.7. The zero-order valence-electron chi connectivity index (χ0n) is 14.6. The summed E-state index contributed by atoms with van der Waals surface area (Å²) in [6, 6.07) is 7.79. The second-order valence-electron chi connectivity index (χ2n) is 6.34. The van der Waals surface area contributed by atoms with Gasteiger partial charge in [0.1, 0.15) is 10.6 Å². The molecule has 1 heterocycles. The van der Waals surface area contributed by atoms with Gasteiger partial charge in [0, 0.05) is 28.6 Å². The first-order chi connectivity index (χ1) is 11.9. The molecule has 0 spiro atoms. The summed E-state index contributed by atoms with van der Waals surface area (Å²) in [6.45, 7) is 5.95. The van der Waals surface area contributed by atoms with Crippen molar-refractivity contribution in [2.24, 2.45) is 0 Å². The van der Waals surface area contributed by atoms with Gasteiger partial charge in [-0.25, -0.2) is 9.78 Å². The highest BCUT2D eigenvalue weighted by atomic mass is 32.1. The summed E-state index contributed by atoms with van der Waals surface area (Å²) in [6.07, 6.45) is 1.79. The summed E-state index contributed by atoms with van der Waals surface area (Å²) in [5.41, 5.74) is 1.40. The molecule has 0 aliphatic rings. The van der Waals surface area contributed by atoms with Gasteiger partial charge in [-0.1, -0.05) is 24.0 Å². The van der Waals surface area contributed by atoms with E-state index < -0.39 is 11.7 Å². The topological polar surface area (TPSA) is 71.5 Å². The number of nitrogens with zero attached hydrogens (tertiary/aromatic N) is 1. The van der Waals surface area contributed by atoms with Gasteiger partial charge in [-0.3, -0.25) is 0 Å². The first kappa shape index (κ1) is 19.0. The molecule has 0 unspecified atom stereocenters. The lowest BCUT2D eigenvalue weighted by atomic mass is 10.1. The summed E-state index contributed by atoms with van der Waals surface area (Å²) in [7, 11) is 0. The Morgan fingerprint density at radius 2 is 2.04 bits per heavy atom. The largest absolute Gasteiger partial charge is 0.444 e. The lowest BCUT2D eigenvalue weighted by Gasteiger charge is -2.19. The van der Waals surface area contributed by atoms with Crippen molar-refractivity contribution in [3.05, 3.63) is 40.9 Å². The zero-order valence-corrected chi connectivity index (χ0v) is 15.4. The summed E-state index contributed by atoms with van der Waals surface area (Å²) in [5.74, 6) is 5.89. The smallest absolute Gasteiger partial charge is 0.407 e. The third kappa shape index (κ3) is 6.57. The van der Waals surface area contributed by atoms with Crippen LogP contribution in [0.5, 0.6) is 0 Å². The lowest BCUT2D eigenvalue weighted by Crippen LogP contribution is -2.31. The number of carbonyl (C=O) groups excluding carboxylic acids is 1. The molecule has 0 radical (unpaired) electrons. The third-order valence-corrected chi connectivity index (χ3v) is 4.01. The fourth-order valence-electron chi connectivity index (χ4n) is 1.91. The van der Waals surface area contributed by atoms with E-state index in [1.54, 1.807) is 6.20 Å². The quantitative estimate of drug-likeness (QED) is 0.820. The first-order valence-electron chi connectivity index (χ1n) is 7.99. The van der Waals surface area contributed by atoms with E-state index >= 15 is 0 Å². The number of alkyl carbamates (subject to hydrolysis) is 1. The molecule has 0 saturated heterocycles. The van der Waals surface area contributed by atoms with Crippen molar-refractivity contribution in [2.45, 2.75) is 39.3 Å². The fraction of sp³-hybridized carbons (Fsp3) is 0.368. The number of carbonyl (C=O) groups is 1. The molecule has 1 aromatic heterocycles. The Bertz CT molecular complexity index is 764. The zero-order chi connectivity index (χ0) is 18.3. The molecule has 0 bridgehead atoms. The number of hydrogen-bond donors (Lipinski definition) is 2. The van der Waals surface area contributed by atoms with Gasteiger partial charge in [-0.2, -0.15) is 0 Å². The van der Waals surface area contributed by atoms with Crippen LogP contribution in [0, 0.1) is 11.8 Å². The van der Waals surface area contributed by atoms with Gasteiger partial charge in [-0.15, -0.1) is 11.3 Å². The fourth-order valence-corrected chi connectivity index (χ4v) is 2.77. The average Bonchev–Trinajstić information content (AvgIpc) is 3.01. The molecule has 0 aliphatic heterocycles. The number of aliphatic hydroxyl groups is 1. The number of ether oxygens (including phenoxy) is 1. The molecule has 132 valence electrons. The van der Waals surface area contributed by atoms with Crippen molar-refractivity contribution in [1.29, 1.82) is 0 Å². The van der Waals surface area contributed by atoms with Crippen molar-refractivity contribution in [3.63, 3.8) is 0 Å². The van der Waals surface area contributed by atoms with Crippen molar-refractivity contribution >= 4 is 17.4 Å². The standard InChI is InChI=1S/C19H22N2O3S/c1-19(2,3)24-18(23)21-13-16-12-20-17(25-16)15-9-7-14(8-10-15)6-4-5-11-22/h7-10,12,22H,5,11,13H2,1-3H3,(H,21,23). The van der Waals surface area contributed by atoms with Gasteiger partial charge in [0.15, 0.2) is 0 Å². The molecule has 2 N–H and O–H groups in total. The second-order valence-corrected chi connectivity index (χ2v) is 7.46. The number of rotatable bonds is 4. The molecule has 0 atom stereocenters. The minimum atomic E-state index is -0.509. The normalized spacial score (nSPS) is 10.7. The third-order valence-electron chi connectivity index (χ3n) is 2.96. The lowest BCUT2D eigenvalue weighted by molar-refractivity contribution is 0.0524. The van der Waals surface area contributed by atoms with Crippen LogP contribution in [0.3, 0.4) is 0 Å². The van der Waals surface area contributed by atoms with Gasteiger partial charge < -0.3 is 15.2 Å². The maximum Gasteiger partial charge on any atom is 0.407 e. The molecular weight excluding hydrogens is 336 g/mol. The second kappa shape index (κ2) is 8.65. The molecule has 0 saturated carbocycles. The van der Waals surface area contributed by atoms with E-state index in [0.717, 1.165) is 21.0 Å². The molecule has 1 amide bonds.